The van der Waals surface area contributed by atoms with Crippen molar-refractivity contribution in [2.45, 2.75) is 70.6 Å². The summed E-state index contributed by atoms with van der Waals surface area (Å²) in [5, 5.41) is 2.02. The quantitative estimate of drug-likeness (QED) is 0.112. The van der Waals surface area contributed by atoms with E-state index in [1.165, 1.54) is 37.9 Å². The van der Waals surface area contributed by atoms with Crippen molar-refractivity contribution in [1.29, 1.82) is 0 Å². The van der Waals surface area contributed by atoms with Crippen LogP contribution in [0.25, 0.3) is 83.9 Å². The molecule has 5 aromatic carbocycles. The number of furan rings is 2. The maximum Gasteiger partial charge on any atom is 0.216 e. The Balaban J connectivity index is 0.000000206. The van der Waals surface area contributed by atoms with E-state index in [0.29, 0.717) is 17.5 Å². The molecule has 64 heavy (non-hydrogen) atoms. The van der Waals surface area contributed by atoms with Gasteiger partial charge >= 0.3 is 134 Å². The molecule has 0 fully saturated rings. The van der Waals surface area contributed by atoms with Crippen LogP contribution >= 0.6 is 0 Å². The Morgan fingerprint density at radius 1 is 0.656 bits per heavy atom. The molecule has 0 aliphatic heterocycles. The second kappa shape index (κ2) is 18.3. The van der Waals surface area contributed by atoms with E-state index in [4.69, 9.17) is 13.8 Å². The van der Waals surface area contributed by atoms with Crippen molar-refractivity contribution in [1.82, 2.24) is 19.5 Å². The van der Waals surface area contributed by atoms with Crippen molar-refractivity contribution < 1.29 is 28.9 Å². The number of aryl methyl sites for hydroxylation is 2. The van der Waals surface area contributed by atoms with Crippen LogP contribution in [0.4, 0.5) is 0 Å². The Bertz CT molecular complexity index is 3220. The average Bonchev–Trinajstić information content (AvgIpc) is 4.00. The number of nitrogens with zero attached hydrogens (tertiary/aromatic N) is 4. The Morgan fingerprint density at radius 2 is 1.38 bits per heavy atom. The van der Waals surface area contributed by atoms with Gasteiger partial charge in [-0.3, -0.25) is 4.98 Å². The number of imidazole rings is 1. The predicted molar refractivity (Wildman–Crippen MR) is 263 cm³/mol. The minimum Gasteiger partial charge on any atom is -0.486 e. The van der Waals surface area contributed by atoms with Crippen molar-refractivity contribution >= 4 is 50.8 Å². The standard InChI is InChI=1S/C37H32N3O.C19H20GeNO.Ir/c1-22(2)30-20-26(25-12-7-6-8-13-25)21-31(23(3)4)34(30)40-33-17-10-9-16-32(33)39-36(40)29-15-11-14-27-28-19-18-24(5)38-37(28)41-35(27)29;1-14-10-11-19(22-14)16-12-18(15-8-6-5-7-9-15)21-13-17(16)20(2,3)4;/h6-14,16-23H,1-5H3;5-8,10-13H,1-4H3;/q2*-1;. The second-order valence-corrected chi connectivity index (χ2v) is 28.6. The molecular formula is C56H52GeIrN4O2-2. The van der Waals surface area contributed by atoms with Crippen LogP contribution in [-0.2, 0) is 20.1 Å². The van der Waals surface area contributed by atoms with E-state index in [-0.39, 0.29) is 20.1 Å². The normalized spacial score (nSPS) is 11.7. The van der Waals surface area contributed by atoms with E-state index >= 15 is 0 Å². The molecule has 0 unspecified atom stereocenters. The molecule has 0 aliphatic rings. The molecule has 0 spiro atoms. The van der Waals surface area contributed by atoms with Gasteiger partial charge in [-0.05, 0) is 77.4 Å². The van der Waals surface area contributed by atoms with E-state index in [9.17, 15) is 0 Å². The van der Waals surface area contributed by atoms with Gasteiger partial charge in [0.25, 0.3) is 0 Å². The molecule has 0 bridgehead atoms. The van der Waals surface area contributed by atoms with Crippen molar-refractivity contribution in [2.75, 3.05) is 0 Å². The van der Waals surface area contributed by atoms with E-state index in [1.54, 1.807) is 0 Å². The summed E-state index contributed by atoms with van der Waals surface area (Å²) in [5.74, 6) is 10.4. The maximum absolute atomic E-state index is 6.44. The summed E-state index contributed by atoms with van der Waals surface area (Å²) >= 11 is -2.04. The first kappa shape index (κ1) is 44.7. The first-order chi connectivity index (χ1) is 30.4. The summed E-state index contributed by atoms with van der Waals surface area (Å²) < 4.78 is 16.0. The van der Waals surface area contributed by atoms with Gasteiger partial charge in [0.1, 0.15) is 0 Å². The molecular weight excluding hydrogens is 1030 g/mol. The summed E-state index contributed by atoms with van der Waals surface area (Å²) in [6.45, 7) is 13.1. The third-order valence-corrected chi connectivity index (χ3v) is 15.9. The van der Waals surface area contributed by atoms with Crippen molar-refractivity contribution in [3.8, 4) is 50.8 Å². The number of aromatic nitrogens is 4. The van der Waals surface area contributed by atoms with Gasteiger partial charge in [-0.25, -0.2) is 4.98 Å². The first-order valence-corrected chi connectivity index (χ1v) is 29.2. The van der Waals surface area contributed by atoms with Crippen LogP contribution < -0.4 is 4.40 Å². The van der Waals surface area contributed by atoms with Crippen LogP contribution in [0.3, 0.4) is 0 Å². The van der Waals surface area contributed by atoms with Crippen LogP contribution in [0.15, 0.2) is 148 Å². The fourth-order valence-corrected chi connectivity index (χ4v) is 11.5. The molecule has 5 heterocycles. The number of rotatable bonds is 8. The molecule has 10 rings (SSSR count). The summed E-state index contributed by atoms with van der Waals surface area (Å²) in [7, 11) is 0. The number of benzene rings is 5. The van der Waals surface area contributed by atoms with E-state index < -0.39 is 13.3 Å². The van der Waals surface area contributed by atoms with Gasteiger partial charge in [0.2, 0.25) is 5.71 Å². The van der Waals surface area contributed by atoms with Crippen LogP contribution in [0.2, 0.25) is 17.3 Å². The Kier molecular flexibility index (Phi) is 12.8. The van der Waals surface area contributed by atoms with Gasteiger partial charge in [-0.2, -0.15) is 0 Å². The van der Waals surface area contributed by atoms with Crippen LogP contribution in [0.1, 0.15) is 62.1 Å². The summed E-state index contributed by atoms with van der Waals surface area (Å²) in [6.07, 6.45) is 2.04. The fourth-order valence-electron chi connectivity index (χ4n) is 8.45. The zero-order valence-electron chi connectivity index (χ0n) is 37.9. The molecule has 5 aromatic heterocycles. The molecule has 0 N–H and O–H groups in total. The van der Waals surface area contributed by atoms with Gasteiger partial charge in [0.15, 0.2) is 0 Å². The summed E-state index contributed by atoms with van der Waals surface area (Å²) in [6, 6.07) is 52.8. The van der Waals surface area contributed by atoms with Crippen molar-refractivity contribution in [3.05, 3.63) is 174 Å². The molecule has 0 amide bonds. The number of pyridine rings is 2. The van der Waals surface area contributed by atoms with Crippen LogP contribution in [0, 0.1) is 26.0 Å². The summed E-state index contributed by atoms with van der Waals surface area (Å²) in [4.78, 5) is 14.6. The van der Waals surface area contributed by atoms with Gasteiger partial charge in [0, 0.05) is 36.9 Å². The molecule has 323 valence electrons. The fraction of sp³-hybridized carbons (Fsp3) is 0.196. The molecule has 0 saturated carbocycles. The Morgan fingerprint density at radius 3 is 2.05 bits per heavy atom. The number of hydrogen-bond donors (Lipinski definition) is 0. The SMILES string of the molecule is Cc1ccc(-c2cc(-c3[c-]cccc3)nc[c]2[Ge]([CH3])([CH3])[CH3])o1.Cc1ccc2c(n1)oc1c(-c3nc4ccccc4n3-c3c(C(C)C)cc(-c4ccccc4)cc3C(C)C)[c-]ccc12.[Ir]. The molecule has 10 aromatic rings. The minimum absolute atomic E-state index is 0. The largest absolute Gasteiger partial charge is 0.486 e. The van der Waals surface area contributed by atoms with Crippen LogP contribution in [-0.4, -0.2) is 32.8 Å². The van der Waals surface area contributed by atoms with Gasteiger partial charge in [-0.1, -0.05) is 81.1 Å². The molecule has 0 saturated heterocycles. The predicted octanol–water partition coefficient (Wildman–Crippen LogP) is 14.7. The molecule has 6 nitrogen and oxygen atoms in total. The zero-order valence-corrected chi connectivity index (χ0v) is 42.4. The Hall–Kier alpha value is -5.86. The van der Waals surface area contributed by atoms with Crippen molar-refractivity contribution in [2.24, 2.45) is 0 Å². The van der Waals surface area contributed by atoms with Gasteiger partial charge in [-0.15, -0.1) is 18.2 Å². The van der Waals surface area contributed by atoms with E-state index in [1.807, 2.05) is 68.6 Å². The van der Waals surface area contributed by atoms with Gasteiger partial charge < -0.3 is 8.98 Å². The maximum atomic E-state index is 6.44. The molecule has 0 atom stereocenters. The number of hydrogen-bond acceptors (Lipinski definition) is 5. The Labute approximate surface area is 392 Å². The van der Waals surface area contributed by atoms with Gasteiger partial charge in [0.05, 0.1) is 22.4 Å². The topological polar surface area (TPSA) is 69.9 Å². The molecule has 8 heteroatoms. The average molecular weight is 1080 g/mol. The minimum atomic E-state index is -2.04. The number of para-hydroxylation sites is 2. The zero-order chi connectivity index (χ0) is 44.0. The number of fused-ring (bicyclic) bond motifs is 4. The van der Waals surface area contributed by atoms with E-state index in [0.717, 1.165) is 67.2 Å². The molecule has 0 aliphatic carbocycles. The van der Waals surface area contributed by atoms with Crippen LogP contribution in [0.5, 0.6) is 0 Å². The van der Waals surface area contributed by atoms with Crippen molar-refractivity contribution in [3.63, 3.8) is 0 Å². The first-order valence-electron chi connectivity index (χ1n) is 21.8. The third kappa shape index (κ3) is 8.69. The second-order valence-electron chi connectivity index (χ2n) is 18.0. The monoisotopic (exact) mass is 1080 g/mol. The summed E-state index contributed by atoms with van der Waals surface area (Å²) in [5.41, 5.74) is 14.5. The van der Waals surface area contributed by atoms with E-state index in [2.05, 4.69) is 157 Å². The third-order valence-electron chi connectivity index (χ3n) is 11.7. The smallest absolute Gasteiger partial charge is 0.216 e. The molecule has 1 radical (unpaired) electrons.